The van der Waals surface area contributed by atoms with Gasteiger partial charge in [-0.2, -0.15) is 0 Å². The summed E-state index contributed by atoms with van der Waals surface area (Å²) in [5, 5.41) is 0. The van der Waals surface area contributed by atoms with Gasteiger partial charge in [0.1, 0.15) is 0 Å². The van der Waals surface area contributed by atoms with Gasteiger partial charge in [0.25, 0.3) is 0 Å². The molecule has 1 N–H and O–H groups in total. The highest BCUT2D eigenvalue weighted by Gasteiger charge is 2.24. The number of amides is 1. The third-order valence-corrected chi connectivity index (χ3v) is 6.90. The number of hydrogen-bond donors (Lipinski definition) is 1. The van der Waals surface area contributed by atoms with E-state index in [1.807, 2.05) is 37.3 Å². The maximum absolute atomic E-state index is 12.7. The van der Waals surface area contributed by atoms with Gasteiger partial charge in [-0.1, -0.05) is 37.3 Å². The summed E-state index contributed by atoms with van der Waals surface area (Å²) in [6.07, 6.45) is 0. The lowest BCUT2D eigenvalue weighted by atomic mass is 10.0. The van der Waals surface area contributed by atoms with Crippen molar-refractivity contribution in [3.63, 3.8) is 0 Å². The Morgan fingerprint density at radius 2 is 1.96 bits per heavy atom. The fourth-order valence-electron chi connectivity index (χ4n) is 2.91. The SMILES string of the molecule is CC(=O)N1CCSc2ccc(S(=O)(=O)NC[C@H](C)c3ccccc3)cc21. The number of rotatable bonds is 5. The fraction of sp³-hybridized carbons (Fsp3) is 0.316. The van der Waals surface area contributed by atoms with Crippen molar-refractivity contribution in [2.24, 2.45) is 0 Å². The molecule has 1 heterocycles. The molecule has 2 aromatic carbocycles. The van der Waals surface area contributed by atoms with E-state index in [-0.39, 0.29) is 16.7 Å². The molecule has 1 amide bonds. The second-order valence-corrected chi connectivity index (χ2v) is 9.22. The Morgan fingerprint density at radius 1 is 1.23 bits per heavy atom. The summed E-state index contributed by atoms with van der Waals surface area (Å²) in [7, 11) is -3.64. The van der Waals surface area contributed by atoms with Crippen molar-refractivity contribution in [1.82, 2.24) is 4.72 Å². The Bertz CT molecular complexity index is 898. The van der Waals surface area contributed by atoms with E-state index in [9.17, 15) is 13.2 Å². The molecule has 2 aromatic rings. The molecule has 1 aliphatic rings. The van der Waals surface area contributed by atoms with Crippen LogP contribution in [0.2, 0.25) is 0 Å². The van der Waals surface area contributed by atoms with Crippen LogP contribution in [0.5, 0.6) is 0 Å². The summed E-state index contributed by atoms with van der Waals surface area (Å²) in [5.74, 6) is 0.797. The predicted octanol–water partition coefficient (Wildman–Crippen LogP) is 3.23. The summed E-state index contributed by atoms with van der Waals surface area (Å²) in [6, 6.07) is 14.8. The molecule has 5 nitrogen and oxygen atoms in total. The quantitative estimate of drug-likeness (QED) is 0.851. The third-order valence-electron chi connectivity index (χ3n) is 4.43. The van der Waals surface area contributed by atoms with E-state index in [4.69, 9.17) is 0 Å². The Hall–Kier alpha value is -1.83. The number of nitrogens with zero attached hydrogens (tertiary/aromatic N) is 1. The number of anilines is 1. The minimum Gasteiger partial charge on any atom is -0.311 e. The number of sulfonamides is 1. The highest BCUT2D eigenvalue weighted by molar-refractivity contribution is 7.99. The smallest absolute Gasteiger partial charge is 0.240 e. The van der Waals surface area contributed by atoms with Crippen LogP contribution in [0.4, 0.5) is 5.69 Å². The van der Waals surface area contributed by atoms with Crippen molar-refractivity contribution in [2.75, 3.05) is 23.7 Å². The molecular formula is C19H22N2O3S2. The van der Waals surface area contributed by atoms with Gasteiger partial charge in [0.2, 0.25) is 15.9 Å². The van der Waals surface area contributed by atoms with Crippen molar-refractivity contribution in [2.45, 2.75) is 29.6 Å². The van der Waals surface area contributed by atoms with Gasteiger partial charge in [-0.25, -0.2) is 13.1 Å². The summed E-state index contributed by atoms with van der Waals surface area (Å²) < 4.78 is 28.1. The first kappa shape index (κ1) is 18.9. The summed E-state index contributed by atoms with van der Waals surface area (Å²) in [5.41, 5.74) is 1.76. The number of fused-ring (bicyclic) bond motifs is 1. The van der Waals surface area contributed by atoms with Crippen LogP contribution in [0.3, 0.4) is 0 Å². The second-order valence-electron chi connectivity index (χ2n) is 6.31. The molecule has 1 aliphatic heterocycles. The van der Waals surface area contributed by atoms with E-state index < -0.39 is 10.0 Å². The minimum absolute atomic E-state index is 0.0628. The van der Waals surface area contributed by atoms with E-state index in [0.717, 1.165) is 16.2 Å². The zero-order valence-electron chi connectivity index (χ0n) is 14.8. The average Bonchev–Trinajstić information content (AvgIpc) is 2.65. The fourth-order valence-corrected chi connectivity index (χ4v) is 5.03. The zero-order chi connectivity index (χ0) is 18.7. The first-order valence-electron chi connectivity index (χ1n) is 8.48. The van der Waals surface area contributed by atoms with Gasteiger partial charge in [0, 0.05) is 30.7 Å². The molecule has 0 saturated heterocycles. The maximum atomic E-state index is 12.7. The highest BCUT2D eigenvalue weighted by Crippen LogP contribution is 2.36. The van der Waals surface area contributed by atoms with Crippen molar-refractivity contribution in [1.29, 1.82) is 0 Å². The molecule has 7 heteroatoms. The number of carbonyl (C=O) groups excluding carboxylic acids is 1. The molecule has 138 valence electrons. The monoisotopic (exact) mass is 390 g/mol. The van der Waals surface area contributed by atoms with E-state index in [1.54, 1.807) is 34.9 Å². The van der Waals surface area contributed by atoms with Gasteiger partial charge < -0.3 is 4.90 Å². The predicted molar refractivity (Wildman–Crippen MR) is 105 cm³/mol. The lowest BCUT2D eigenvalue weighted by Crippen LogP contribution is -2.34. The van der Waals surface area contributed by atoms with Gasteiger partial charge >= 0.3 is 0 Å². The zero-order valence-corrected chi connectivity index (χ0v) is 16.4. The molecule has 0 aromatic heterocycles. The van der Waals surface area contributed by atoms with Crippen LogP contribution < -0.4 is 9.62 Å². The Morgan fingerprint density at radius 3 is 2.65 bits per heavy atom. The van der Waals surface area contributed by atoms with Gasteiger partial charge in [-0.05, 0) is 29.7 Å². The molecule has 0 radical (unpaired) electrons. The number of thioether (sulfide) groups is 1. The summed E-state index contributed by atoms with van der Waals surface area (Å²) in [6.45, 7) is 4.39. The lowest BCUT2D eigenvalue weighted by Gasteiger charge is -2.28. The Kier molecular flexibility index (Phi) is 5.70. The number of nitrogens with one attached hydrogen (secondary N) is 1. The maximum Gasteiger partial charge on any atom is 0.240 e. The van der Waals surface area contributed by atoms with Crippen molar-refractivity contribution in [3.05, 3.63) is 54.1 Å². The first-order chi connectivity index (χ1) is 12.4. The topological polar surface area (TPSA) is 66.5 Å². The highest BCUT2D eigenvalue weighted by atomic mass is 32.2. The number of benzene rings is 2. The summed E-state index contributed by atoms with van der Waals surface area (Å²) in [4.78, 5) is 14.6. The van der Waals surface area contributed by atoms with E-state index in [0.29, 0.717) is 18.8 Å². The van der Waals surface area contributed by atoms with E-state index in [1.165, 1.54) is 6.92 Å². The van der Waals surface area contributed by atoms with Gasteiger partial charge in [0.05, 0.1) is 10.6 Å². The van der Waals surface area contributed by atoms with Crippen molar-refractivity contribution in [3.8, 4) is 0 Å². The Balaban J connectivity index is 1.79. The lowest BCUT2D eigenvalue weighted by molar-refractivity contribution is -0.116. The van der Waals surface area contributed by atoms with Crippen LogP contribution in [0.15, 0.2) is 58.3 Å². The van der Waals surface area contributed by atoms with Gasteiger partial charge in [-0.15, -0.1) is 11.8 Å². The number of carbonyl (C=O) groups is 1. The molecule has 1 atom stereocenters. The van der Waals surface area contributed by atoms with Crippen molar-refractivity contribution >= 4 is 33.4 Å². The molecule has 0 bridgehead atoms. The second kappa shape index (κ2) is 7.82. The molecule has 26 heavy (non-hydrogen) atoms. The van der Waals surface area contributed by atoms with Crippen LogP contribution in [-0.4, -0.2) is 33.2 Å². The molecule has 0 unspecified atom stereocenters. The standard InChI is InChI=1S/C19H22N2O3S2/c1-14(16-6-4-3-5-7-16)13-20-26(23,24)17-8-9-19-18(12-17)21(15(2)22)10-11-25-19/h3-9,12,14,20H,10-11,13H2,1-2H3/t14-/m0/s1. The first-order valence-corrected chi connectivity index (χ1v) is 10.9. The normalized spacial score (nSPS) is 15.4. The van der Waals surface area contributed by atoms with Crippen molar-refractivity contribution < 1.29 is 13.2 Å². The van der Waals surface area contributed by atoms with E-state index in [2.05, 4.69) is 4.72 Å². The summed E-state index contributed by atoms with van der Waals surface area (Å²) >= 11 is 1.64. The van der Waals surface area contributed by atoms with Crippen LogP contribution >= 0.6 is 11.8 Å². The van der Waals surface area contributed by atoms with Gasteiger partial charge in [0.15, 0.2) is 0 Å². The molecular weight excluding hydrogens is 368 g/mol. The van der Waals surface area contributed by atoms with Crippen LogP contribution in [0, 0.1) is 0 Å². The largest absolute Gasteiger partial charge is 0.311 e. The van der Waals surface area contributed by atoms with Crippen LogP contribution in [0.25, 0.3) is 0 Å². The van der Waals surface area contributed by atoms with Gasteiger partial charge in [-0.3, -0.25) is 4.79 Å². The molecule has 0 fully saturated rings. The number of hydrogen-bond acceptors (Lipinski definition) is 4. The third kappa shape index (κ3) is 4.11. The molecule has 0 spiro atoms. The average molecular weight is 391 g/mol. The molecule has 0 saturated carbocycles. The van der Waals surface area contributed by atoms with E-state index >= 15 is 0 Å². The molecule has 0 aliphatic carbocycles. The Labute approximate surface area is 158 Å². The molecule has 3 rings (SSSR count). The van der Waals surface area contributed by atoms with Crippen LogP contribution in [-0.2, 0) is 14.8 Å². The minimum atomic E-state index is -3.64. The van der Waals surface area contributed by atoms with Crippen LogP contribution in [0.1, 0.15) is 25.3 Å².